The van der Waals surface area contributed by atoms with Gasteiger partial charge in [0.2, 0.25) is 5.91 Å². The molecule has 0 saturated carbocycles. The van der Waals surface area contributed by atoms with Crippen LogP contribution >= 0.6 is 0 Å². The number of carbonyl (C=O) groups is 2. The maximum absolute atomic E-state index is 12.2. The van der Waals surface area contributed by atoms with Crippen LogP contribution in [0.5, 0.6) is 0 Å². The van der Waals surface area contributed by atoms with Crippen LogP contribution in [0.2, 0.25) is 0 Å². The van der Waals surface area contributed by atoms with E-state index in [9.17, 15) is 9.59 Å². The van der Waals surface area contributed by atoms with Gasteiger partial charge in [0.1, 0.15) is 6.04 Å². The Labute approximate surface area is 113 Å². The highest BCUT2D eigenvalue weighted by Gasteiger charge is 2.31. The first-order valence-electron chi connectivity index (χ1n) is 6.42. The summed E-state index contributed by atoms with van der Waals surface area (Å²) in [4.78, 5) is 22.9. The third-order valence-corrected chi connectivity index (χ3v) is 3.37. The van der Waals surface area contributed by atoms with Crippen LogP contribution < -0.4 is 5.32 Å². The van der Waals surface area contributed by atoms with Gasteiger partial charge in [0.05, 0.1) is 5.41 Å². The summed E-state index contributed by atoms with van der Waals surface area (Å²) in [6.07, 6.45) is 0.947. The van der Waals surface area contributed by atoms with Gasteiger partial charge in [0.25, 0.3) is 0 Å². The fourth-order valence-corrected chi connectivity index (χ4v) is 1.73. The molecule has 0 radical (unpaired) electrons. The van der Waals surface area contributed by atoms with Gasteiger partial charge in [-0.05, 0) is 38.3 Å². The van der Waals surface area contributed by atoms with Gasteiger partial charge in [-0.1, -0.05) is 31.2 Å². The predicted molar refractivity (Wildman–Crippen MR) is 74.1 cm³/mol. The molecule has 0 heterocycles. The van der Waals surface area contributed by atoms with Crippen LogP contribution in [-0.4, -0.2) is 23.0 Å². The van der Waals surface area contributed by atoms with Gasteiger partial charge in [-0.25, -0.2) is 0 Å². The molecule has 0 bridgehead atoms. The van der Waals surface area contributed by atoms with Crippen molar-refractivity contribution in [3.05, 3.63) is 35.4 Å². The van der Waals surface area contributed by atoms with Crippen LogP contribution in [0.3, 0.4) is 0 Å². The number of hydrogen-bond donors (Lipinski definition) is 2. The molecule has 2 N–H and O–H groups in total. The zero-order valence-corrected chi connectivity index (χ0v) is 11.9. The summed E-state index contributed by atoms with van der Waals surface area (Å²) in [5, 5.41) is 11.3. The van der Waals surface area contributed by atoms with Gasteiger partial charge in [-0.15, -0.1) is 0 Å². The van der Waals surface area contributed by atoms with Crippen molar-refractivity contribution in [3.63, 3.8) is 0 Å². The monoisotopic (exact) mass is 263 g/mol. The molecule has 0 fully saturated rings. The lowest BCUT2D eigenvalue weighted by molar-refractivity contribution is -0.142. The summed E-state index contributed by atoms with van der Waals surface area (Å²) in [5.74, 6) is -1.32. The number of amides is 1. The Bertz CT molecular complexity index is 463. The molecule has 0 aliphatic rings. The highest BCUT2D eigenvalue weighted by Crippen LogP contribution is 2.24. The second kappa shape index (κ2) is 5.87. The Morgan fingerprint density at radius 1 is 1.26 bits per heavy atom. The maximum atomic E-state index is 12.2. The Hall–Kier alpha value is -1.84. The van der Waals surface area contributed by atoms with Crippen molar-refractivity contribution in [2.75, 3.05) is 0 Å². The molecular weight excluding hydrogens is 242 g/mol. The third kappa shape index (κ3) is 3.56. The molecule has 4 heteroatoms. The van der Waals surface area contributed by atoms with E-state index in [1.165, 1.54) is 12.5 Å². The lowest BCUT2D eigenvalue weighted by Gasteiger charge is -2.25. The molecule has 1 atom stereocenters. The summed E-state index contributed by atoms with van der Waals surface area (Å²) in [6, 6.07) is 6.94. The first-order chi connectivity index (χ1) is 8.78. The number of hydrogen-bond acceptors (Lipinski definition) is 2. The SMILES string of the molecule is CCc1ccc(C(C)(C)C(=O)NC(C)C(=O)O)cc1. The van der Waals surface area contributed by atoms with Gasteiger partial charge in [0, 0.05) is 0 Å². The number of carboxylic acids is 1. The summed E-state index contributed by atoms with van der Waals surface area (Å²) in [7, 11) is 0. The summed E-state index contributed by atoms with van der Waals surface area (Å²) >= 11 is 0. The molecule has 0 spiro atoms. The normalized spacial score (nSPS) is 12.8. The quantitative estimate of drug-likeness (QED) is 0.855. The number of aryl methyl sites for hydroxylation is 1. The van der Waals surface area contributed by atoms with E-state index in [4.69, 9.17) is 5.11 Å². The maximum Gasteiger partial charge on any atom is 0.325 e. The third-order valence-electron chi connectivity index (χ3n) is 3.37. The lowest BCUT2D eigenvalue weighted by atomic mass is 9.83. The predicted octanol–water partition coefficient (Wildman–Crippen LogP) is 2.12. The van der Waals surface area contributed by atoms with Crippen LogP contribution in [0, 0.1) is 0 Å². The molecule has 19 heavy (non-hydrogen) atoms. The lowest BCUT2D eigenvalue weighted by Crippen LogP contribution is -2.47. The average Bonchev–Trinajstić information content (AvgIpc) is 2.38. The number of carboxylic acid groups (broad SMARTS) is 1. The first-order valence-corrected chi connectivity index (χ1v) is 6.42. The van der Waals surface area contributed by atoms with Crippen molar-refractivity contribution >= 4 is 11.9 Å². The largest absolute Gasteiger partial charge is 0.480 e. The van der Waals surface area contributed by atoms with Crippen LogP contribution in [0.25, 0.3) is 0 Å². The van der Waals surface area contributed by atoms with Crippen LogP contribution in [0.4, 0.5) is 0 Å². The highest BCUT2D eigenvalue weighted by atomic mass is 16.4. The molecule has 4 nitrogen and oxygen atoms in total. The molecule has 1 unspecified atom stereocenters. The van der Waals surface area contributed by atoms with Gasteiger partial charge in [0.15, 0.2) is 0 Å². The number of nitrogens with one attached hydrogen (secondary N) is 1. The van der Waals surface area contributed by atoms with Crippen LogP contribution in [-0.2, 0) is 21.4 Å². The second-order valence-corrected chi connectivity index (χ2v) is 5.21. The minimum absolute atomic E-state index is 0.286. The van der Waals surface area contributed by atoms with E-state index in [-0.39, 0.29) is 5.91 Å². The highest BCUT2D eigenvalue weighted by molar-refractivity contribution is 5.90. The standard InChI is InChI=1S/C15H21NO3/c1-5-11-6-8-12(9-7-11)15(3,4)14(19)16-10(2)13(17)18/h6-10H,5H2,1-4H3,(H,16,19)(H,17,18). The van der Waals surface area contributed by atoms with Crippen LogP contribution in [0.15, 0.2) is 24.3 Å². The minimum atomic E-state index is -1.04. The minimum Gasteiger partial charge on any atom is -0.480 e. The van der Waals surface area contributed by atoms with Crippen molar-refractivity contribution in [2.45, 2.75) is 45.6 Å². The first kappa shape index (κ1) is 15.2. The number of rotatable bonds is 5. The van der Waals surface area contributed by atoms with Crippen molar-refractivity contribution in [1.29, 1.82) is 0 Å². The Balaban J connectivity index is 2.89. The van der Waals surface area contributed by atoms with Crippen molar-refractivity contribution in [1.82, 2.24) is 5.32 Å². The van der Waals surface area contributed by atoms with Crippen molar-refractivity contribution in [3.8, 4) is 0 Å². The molecule has 1 aromatic carbocycles. The Morgan fingerprint density at radius 3 is 2.21 bits per heavy atom. The van der Waals surface area contributed by atoms with Gasteiger partial charge >= 0.3 is 5.97 Å². The Kier molecular flexibility index (Phi) is 4.70. The van der Waals surface area contributed by atoms with E-state index < -0.39 is 17.4 Å². The summed E-state index contributed by atoms with van der Waals surface area (Å²) in [6.45, 7) is 7.10. The van der Waals surface area contributed by atoms with E-state index in [0.29, 0.717) is 0 Å². The second-order valence-electron chi connectivity index (χ2n) is 5.21. The van der Waals surface area contributed by atoms with Crippen molar-refractivity contribution in [2.24, 2.45) is 0 Å². The fraction of sp³-hybridized carbons (Fsp3) is 0.467. The van der Waals surface area contributed by atoms with Gasteiger partial charge < -0.3 is 10.4 Å². The van der Waals surface area contributed by atoms with E-state index in [2.05, 4.69) is 12.2 Å². The Morgan fingerprint density at radius 2 is 1.79 bits per heavy atom. The summed E-state index contributed by atoms with van der Waals surface area (Å²) < 4.78 is 0. The molecule has 1 aromatic rings. The van der Waals surface area contributed by atoms with Crippen molar-refractivity contribution < 1.29 is 14.7 Å². The van der Waals surface area contributed by atoms with E-state index in [1.807, 2.05) is 24.3 Å². The van der Waals surface area contributed by atoms with Crippen LogP contribution in [0.1, 0.15) is 38.8 Å². The average molecular weight is 263 g/mol. The fourth-order valence-electron chi connectivity index (χ4n) is 1.73. The topological polar surface area (TPSA) is 66.4 Å². The molecule has 0 aliphatic heterocycles. The van der Waals surface area contributed by atoms with E-state index >= 15 is 0 Å². The molecule has 0 aromatic heterocycles. The molecule has 0 saturated heterocycles. The molecule has 0 aliphatic carbocycles. The summed E-state index contributed by atoms with van der Waals surface area (Å²) in [5.41, 5.74) is 1.33. The van der Waals surface area contributed by atoms with Gasteiger partial charge in [-0.2, -0.15) is 0 Å². The number of aliphatic carboxylic acids is 1. The molecular formula is C15H21NO3. The van der Waals surface area contributed by atoms with Gasteiger partial charge in [-0.3, -0.25) is 9.59 Å². The number of benzene rings is 1. The van der Waals surface area contributed by atoms with E-state index in [1.54, 1.807) is 13.8 Å². The molecule has 104 valence electrons. The molecule has 1 amide bonds. The van der Waals surface area contributed by atoms with E-state index in [0.717, 1.165) is 12.0 Å². The zero-order chi connectivity index (χ0) is 14.6. The molecule has 1 rings (SSSR count). The number of carbonyl (C=O) groups excluding carboxylic acids is 1. The zero-order valence-electron chi connectivity index (χ0n) is 11.9. The smallest absolute Gasteiger partial charge is 0.325 e.